The van der Waals surface area contributed by atoms with Crippen molar-refractivity contribution >= 4 is 10.0 Å². The number of hydrogen-bond acceptors (Lipinski definition) is 5. The first-order valence-electron chi connectivity index (χ1n) is 6.54. The molecule has 1 aromatic rings. The van der Waals surface area contributed by atoms with Crippen LogP contribution in [0.4, 0.5) is 0 Å². The lowest BCUT2D eigenvalue weighted by atomic mass is 10.2. The predicted octanol–water partition coefficient (Wildman–Crippen LogP) is 0.210. The molecule has 1 aliphatic heterocycles. The van der Waals surface area contributed by atoms with Crippen LogP contribution in [0.15, 0.2) is 29.2 Å². The van der Waals surface area contributed by atoms with Crippen LogP contribution in [0.25, 0.3) is 0 Å². The molecule has 20 heavy (non-hydrogen) atoms. The van der Waals surface area contributed by atoms with Gasteiger partial charge in [0, 0.05) is 31.6 Å². The van der Waals surface area contributed by atoms with Crippen molar-refractivity contribution in [2.45, 2.75) is 4.90 Å². The van der Waals surface area contributed by atoms with Crippen molar-refractivity contribution in [2.75, 3.05) is 40.0 Å². The number of rotatable bonds is 5. The molecule has 1 saturated heterocycles. The lowest BCUT2D eigenvalue weighted by Gasteiger charge is -2.15. The molecule has 0 bridgehead atoms. The summed E-state index contributed by atoms with van der Waals surface area (Å²) in [7, 11) is -2.01. The minimum atomic E-state index is -3.52. The summed E-state index contributed by atoms with van der Waals surface area (Å²) >= 11 is 0. The Balaban J connectivity index is 1.99. The summed E-state index contributed by atoms with van der Waals surface area (Å²) in [4.78, 5) is 0.208. The molecule has 0 aromatic heterocycles. The van der Waals surface area contributed by atoms with Gasteiger partial charge < -0.3 is 14.8 Å². The molecular formula is C13H20N2O4S. The molecule has 6 nitrogen and oxygen atoms in total. The maximum Gasteiger partial charge on any atom is 0.240 e. The fourth-order valence-electron chi connectivity index (χ4n) is 1.97. The van der Waals surface area contributed by atoms with Gasteiger partial charge in [-0.25, -0.2) is 13.1 Å². The van der Waals surface area contributed by atoms with Gasteiger partial charge in [0.1, 0.15) is 5.75 Å². The second-order valence-corrected chi connectivity index (χ2v) is 6.44. The van der Waals surface area contributed by atoms with E-state index in [0.717, 1.165) is 13.1 Å². The molecule has 1 heterocycles. The van der Waals surface area contributed by atoms with Gasteiger partial charge in [0.05, 0.1) is 25.2 Å². The molecule has 2 N–H and O–H groups in total. The Morgan fingerprint density at radius 1 is 1.50 bits per heavy atom. The minimum Gasteiger partial charge on any atom is -0.497 e. The third-order valence-corrected chi connectivity index (χ3v) is 4.54. The first kappa shape index (κ1) is 15.2. The van der Waals surface area contributed by atoms with E-state index in [4.69, 9.17) is 9.47 Å². The van der Waals surface area contributed by atoms with E-state index < -0.39 is 10.0 Å². The SMILES string of the molecule is COc1cccc(S(=O)(=O)NC[C@@H]2CNCCOC2)c1. The fourth-order valence-corrected chi connectivity index (χ4v) is 3.12. The van der Waals surface area contributed by atoms with Gasteiger partial charge in [0.25, 0.3) is 0 Å². The Morgan fingerprint density at radius 2 is 2.35 bits per heavy atom. The molecule has 0 aliphatic carbocycles. The Bertz CT molecular complexity index is 525. The van der Waals surface area contributed by atoms with E-state index in [-0.39, 0.29) is 10.8 Å². The fraction of sp³-hybridized carbons (Fsp3) is 0.538. The van der Waals surface area contributed by atoms with Gasteiger partial charge in [-0.3, -0.25) is 0 Å². The number of sulfonamides is 1. The number of nitrogens with one attached hydrogen (secondary N) is 2. The summed E-state index contributed by atoms with van der Waals surface area (Å²) in [6.07, 6.45) is 0. The highest BCUT2D eigenvalue weighted by molar-refractivity contribution is 7.89. The highest BCUT2D eigenvalue weighted by Gasteiger charge is 2.18. The molecule has 1 aliphatic rings. The molecule has 0 unspecified atom stereocenters. The lowest BCUT2D eigenvalue weighted by molar-refractivity contribution is 0.124. The highest BCUT2D eigenvalue weighted by Crippen LogP contribution is 2.16. The third kappa shape index (κ3) is 4.17. The summed E-state index contributed by atoms with van der Waals surface area (Å²) < 4.78 is 37.5. The maximum absolute atomic E-state index is 12.2. The van der Waals surface area contributed by atoms with E-state index >= 15 is 0 Å². The van der Waals surface area contributed by atoms with E-state index in [1.807, 2.05) is 0 Å². The number of hydrogen-bond donors (Lipinski definition) is 2. The van der Waals surface area contributed by atoms with Crippen LogP contribution in [0.3, 0.4) is 0 Å². The Hall–Kier alpha value is -1.15. The lowest BCUT2D eigenvalue weighted by Crippen LogP contribution is -2.35. The Labute approximate surface area is 119 Å². The zero-order valence-electron chi connectivity index (χ0n) is 11.5. The van der Waals surface area contributed by atoms with E-state index in [1.165, 1.54) is 13.2 Å². The summed E-state index contributed by atoms with van der Waals surface area (Å²) in [5.41, 5.74) is 0. The van der Waals surface area contributed by atoms with E-state index in [2.05, 4.69) is 10.0 Å². The molecular weight excluding hydrogens is 280 g/mol. The number of ether oxygens (including phenoxy) is 2. The zero-order chi connectivity index (χ0) is 14.4. The van der Waals surface area contributed by atoms with E-state index in [9.17, 15) is 8.42 Å². The van der Waals surface area contributed by atoms with Gasteiger partial charge in [0.15, 0.2) is 0 Å². The van der Waals surface area contributed by atoms with Crippen LogP contribution in [-0.2, 0) is 14.8 Å². The average molecular weight is 300 g/mol. The molecule has 1 aromatic carbocycles. The topological polar surface area (TPSA) is 76.7 Å². The van der Waals surface area contributed by atoms with Gasteiger partial charge in [-0.1, -0.05) is 6.07 Å². The summed E-state index contributed by atoms with van der Waals surface area (Å²) in [5.74, 6) is 0.658. The largest absolute Gasteiger partial charge is 0.497 e. The molecule has 1 fully saturated rings. The van der Waals surface area contributed by atoms with Crippen LogP contribution < -0.4 is 14.8 Å². The van der Waals surface area contributed by atoms with Crippen LogP contribution in [0.1, 0.15) is 0 Å². The smallest absolute Gasteiger partial charge is 0.240 e. The normalized spacial score (nSPS) is 20.4. The first-order chi connectivity index (χ1) is 9.62. The van der Waals surface area contributed by atoms with E-state index in [1.54, 1.807) is 18.2 Å². The molecule has 1 atom stereocenters. The Morgan fingerprint density at radius 3 is 3.15 bits per heavy atom. The summed E-state index contributed by atoms with van der Waals surface area (Å²) in [6, 6.07) is 6.42. The van der Waals surface area contributed by atoms with Crippen molar-refractivity contribution in [1.82, 2.24) is 10.0 Å². The third-order valence-electron chi connectivity index (χ3n) is 3.12. The molecule has 0 saturated carbocycles. The molecule has 0 spiro atoms. The molecule has 2 rings (SSSR count). The van der Waals surface area contributed by atoms with Crippen LogP contribution in [0.2, 0.25) is 0 Å². The van der Waals surface area contributed by atoms with Crippen molar-refractivity contribution in [3.63, 3.8) is 0 Å². The van der Waals surface area contributed by atoms with Crippen LogP contribution in [-0.4, -0.2) is 48.4 Å². The van der Waals surface area contributed by atoms with Crippen molar-refractivity contribution in [3.05, 3.63) is 24.3 Å². The van der Waals surface area contributed by atoms with Crippen LogP contribution in [0, 0.1) is 5.92 Å². The quantitative estimate of drug-likeness (QED) is 0.813. The van der Waals surface area contributed by atoms with Gasteiger partial charge in [0.2, 0.25) is 10.0 Å². The van der Waals surface area contributed by atoms with E-state index in [0.29, 0.717) is 25.5 Å². The van der Waals surface area contributed by atoms with Crippen LogP contribution in [0.5, 0.6) is 5.75 Å². The van der Waals surface area contributed by atoms with Gasteiger partial charge in [-0.05, 0) is 12.1 Å². The summed E-state index contributed by atoms with van der Waals surface area (Å²) in [6.45, 7) is 3.14. The molecule has 0 radical (unpaired) electrons. The number of benzene rings is 1. The van der Waals surface area contributed by atoms with Crippen molar-refractivity contribution in [3.8, 4) is 5.75 Å². The molecule has 7 heteroatoms. The zero-order valence-corrected chi connectivity index (χ0v) is 12.3. The van der Waals surface area contributed by atoms with Crippen molar-refractivity contribution in [2.24, 2.45) is 5.92 Å². The predicted molar refractivity (Wildman–Crippen MR) is 75.4 cm³/mol. The Kier molecular flexibility index (Phi) is 5.36. The second-order valence-electron chi connectivity index (χ2n) is 4.68. The first-order valence-corrected chi connectivity index (χ1v) is 8.02. The maximum atomic E-state index is 12.2. The molecule has 112 valence electrons. The molecule has 0 amide bonds. The average Bonchev–Trinajstić information content (AvgIpc) is 2.74. The van der Waals surface area contributed by atoms with Gasteiger partial charge in [-0.15, -0.1) is 0 Å². The summed E-state index contributed by atoms with van der Waals surface area (Å²) in [5, 5.41) is 3.21. The van der Waals surface area contributed by atoms with Gasteiger partial charge >= 0.3 is 0 Å². The van der Waals surface area contributed by atoms with Crippen molar-refractivity contribution < 1.29 is 17.9 Å². The highest BCUT2D eigenvalue weighted by atomic mass is 32.2. The monoisotopic (exact) mass is 300 g/mol. The number of methoxy groups -OCH3 is 1. The van der Waals surface area contributed by atoms with Crippen molar-refractivity contribution in [1.29, 1.82) is 0 Å². The standard InChI is InChI=1S/C13H20N2O4S/c1-18-12-3-2-4-13(7-12)20(16,17)15-9-11-8-14-5-6-19-10-11/h2-4,7,11,14-15H,5-6,8-10H2,1H3/t11-/m0/s1. The minimum absolute atomic E-state index is 0.137. The van der Waals surface area contributed by atoms with Gasteiger partial charge in [-0.2, -0.15) is 0 Å². The van der Waals surface area contributed by atoms with Crippen LogP contribution >= 0.6 is 0 Å². The second kappa shape index (κ2) is 7.03.